The highest BCUT2D eigenvalue weighted by atomic mass is 32.1. The molecule has 0 radical (unpaired) electrons. The predicted octanol–water partition coefficient (Wildman–Crippen LogP) is 2.49. The second kappa shape index (κ2) is 5.50. The molecule has 16 heavy (non-hydrogen) atoms. The van der Waals surface area contributed by atoms with Crippen molar-refractivity contribution in [2.24, 2.45) is 0 Å². The fourth-order valence-corrected chi connectivity index (χ4v) is 2.00. The summed E-state index contributed by atoms with van der Waals surface area (Å²) in [6.07, 6.45) is 1.95. The van der Waals surface area contributed by atoms with Crippen molar-refractivity contribution >= 4 is 17.3 Å². The monoisotopic (exact) mass is 242 g/mol. The summed E-state index contributed by atoms with van der Waals surface area (Å²) in [6, 6.07) is 0. The largest absolute Gasteiger partial charge is 0.379 e. The molecule has 1 heterocycles. The molecule has 0 unspecified atom stereocenters. The third-order valence-electron chi connectivity index (χ3n) is 2.65. The van der Waals surface area contributed by atoms with Gasteiger partial charge in [0, 0.05) is 13.5 Å². The number of nitrogens with zero attached hydrogens (tertiary/aromatic N) is 2. The number of aryl methyl sites for hydroxylation is 1. The molecule has 5 heteroatoms. The van der Waals surface area contributed by atoms with Crippen LogP contribution in [0.1, 0.15) is 49.0 Å². The van der Waals surface area contributed by atoms with E-state index in [0.717, 1.165) is 12.1 Å². The molecule has 1 aromatic rings. The minimum absolute atomic E-state index is 0.122. The molecule has 0 aliphatic heterocycles. The van der Waals surface area contributed by atoms with Crippen molar-refractivity contribution in [3.05, 3.63) is 10.6 Å². The maximum atomic E-state index is 11.9. The van der Waals surface area contributed by atoms with E-state index < -0.39 is 0 Å². The number of hydrogen-bond donors (Lipinski definition) is 0. The van der Waals surface area contributed by atoms with Crippen molar-refractivity contribution in [2.75, 3.05) is 7.11 Å². The van der Waals surface area contributed by atoms with Crippen LogP contribution in [0.5, 0.6) is 0 Å². The zero-order chi connectivity index (χ0) is 12.2. The van der Waals surface area contributed by atoms with Crippen LogP contribution in [0.4, 0.5) is 0 Å². The van der Waals surface area contributed by atoms with Crippen LogP contribution in [0, 0.1) is 0 Å². The Kier molecular flexibility index (Phi) is 4.56. The molecule has 0 amide bonds. The highest BCUT2D eigenvalue weighted by Gasteiger charge is 2.21. The number of carbonyl (C=O) groups excluding carboxylic acids is 1. The Bertz CT molecular complexity index is 361. The zero-order valence-corrected chi connectivity index (χ0v) is 11.1. The molecule has 1 rings (SSSR count). The summed E-state index contributed by atoms with van der Waals surface area (Å²) in [6.45, 7) is 5.93. The maximum absolute atomic E-state index is 11.9. The Labute approximate surface area is 100 Å². The maximum Gasteiger partial charge on any atom is 0.176 e. The van der Waals surface area contributed by atoms with E-state index in [2.05, 4.69) is 9.59 Å². The summed E-state index contributed by atoms with van der Waals surface area (Å²) < 4.78 is 9.10. The molecule has 0 saturated carbocycles. The first-order valence-electron chi connectivity index (χ1n) is 5.39. The molecule has 0 aliphatic carbocycles. The van der Waals surface area contributed by atoms with Crippen LogP contribution < -0.4 is 0 Å². The van der Waals surface area contributed by atoms with E-state index in [4.69, 9.17) is 4.74 Å². The third kappa shape index (κ3) is 3.35. The van der Waals surface area contributed by atoms with Gasteiger partial charge < -0.3 is 4.74 Å². The molecule has 0 N–H and O–H groups in total. The molecular weight excluding hydrogens is 224 g/mol. The highest BCUT2D eigenvalue weighted by Crippen LogP contribution is 2.20. The van der Waals surface area contributed by atoms with Crippen LogP contribution in [0.2, 0.25) is 0 Å². The van der Waals surface area contributed by atoms with E-state index in [9.17, 15) is 4.79 Å². The van der Waals surface area contributed by atoms with E-state index >= 15 is 0 Å². The van der Waals surface area contributed by atoms with E-state index in [0.29, 0.717) is 17.7 Å². The summed E-state index contributed by atoms with van der Waals surface area (Å²) in [7, 11) is 1.66. The first-order valence-corrected chi connectivity index (χ1v) is 6.17. The standard InChI is InChI=1S/C11H18N2O2S/c1-5-8-10(16-13-12-8)9(14)6-7-11(2,3)15-4/h5-7H2,1-4H3. The van der Waals surface area contributed by atoms with Crippen LogP contribution in [-0.2, 0) is 11.2 Å². The second-order valence-corrected chi connectivity index (χ2v) is 5.04. The summed E-state index contributed by atoms with van der Waals surface area (Å²) in [5, 5.41) is 3.94. The lowest BCUT2D eigenvalue weighted by atomic mass is 10.00. The lowest BCUT2D eigenvalue weighted by molar-refractivity contribution is 0.0142. The van der Waals surface area contributed by atoms with Crippen molar-refractivity contribution < 1.29 is 9.53 Å². The van der Waals surface area contributed by atoms with Crippen LogP contribution >= 0.6 is 11.5 Å². The molecule has 0 atom stereocenters. The molecule has 0 spiro atoms. The van der Waals surface area contributed by atoms with Gasteiger partial charge in [-0.3, -0.25) is 4.79 Å². The fourth-order valence-electron chi connectivity index (χ4n) is 1.28. The number of hydrogen-bond acceptors (Lipinski definition) is 5. The predicted molar refractivity (Wildman–Crippen MR) is 63.9 cm³/mol. The molecule has 1 aromatic heterocycles. The molecule has 0 saturated heterocycles. The summed E-state index contributed by atoms with van der Waals surface area (Å²) in [5.74, 6) is 0.122. The van der Waals surface area contributed by atoms with Gasteiger partial charge in [0.15, 0.2) is 5.78 Å². The molecule has 90 valence electrons. The van der Waals surface area contributed by atoms with Gasteiger partial charge in [-0.15, -0.1) is 5.10 Å². The van der Waals surface area contributed by atoms with Crippen molar-refractivity contribution in [3.63, 3.8) is 0 Å². The minimum atomic E-state index is -0.250. The van der Waals surface area contributed by atoms with Gasteiger partial charge >= 0.3 is 0 Å². The van der Waals surface area contributed by atoms with Crippen molar-refractivity contribution in [3.8, 4) is 0 Å². The number of Topliss-reactive ketones (excluding diaryl/α,β-unsaturated/α-hetero) is 1. The van der Waals surface area contributed by atoms with Crippen molar-refractivity contribution in [1.29, 1.82) is 0 Å². The van der Waals surface area contributed by atoms with Gasteiger partial charge in [0.2, 0.25) is 0 Å². The normalized spacial score (nSPS) is 11.8. The fraction of sp³-hybridized carbons (Fsp3) is 0.727. The Morgan fingerprint density at radius 3 is 2.75 bits per heavy atom. The Hall–Kier alpha value is -0.810. The second-order valence-electron chi connectivity index (χ2n) is 4.29. The first kappa shape index (κ1) is 13.3. The molecule has 0 fully saturated rings. The third-order valence-corrected chi connectivity index (χ3v) is 3.46. The Morgan fingerprint density at radius 1 is 1.50 bits per heavy atom. The quantitative estimate of drug-likeness (QED) is 0.719. The zero-order valence-electron chi connectivity index (χ0n) is 10.2. The molecule has 0 aromatic carbocycles. The van der Waals surface area contributed by atoms with Gasteiger partial charge in [-0.1, -0.05) is 11.4 Å². The van der Waals surface area contributed by atoms with Gasteiger partial charge in [-0.25, -0.2) is 0 Å². The number of rotatable bonds is 6. The van der Waals surface area contributed by atoms with Crippen LogP contribution in [0.25, 0.3) is 0 Å². The summed E-state index contributed by atoms with van der Waals surface area (Å²) in [4.78, 5) is 12.6. The highest BCUT2D eigenvalue weighted by molar-refractivity contribution is 7.08. The molecule has 0 bridgehead atoms. The number of aromatic nitrogens is 2. The van der Waals surface area contributed by atoms with Gasteiger partial charge in [-0.2, -0.15) is 0 Å². The number of ketones is 1. The Balaban J connectivity index is 2.60. The first-order chi connectivity index (χ1) is 7.50. The lowest BCUT2D eigenvalue weighted by Crippen LogP contribution is -2.23. The van der Waals surface area contributed by atoms with Crippen LogP contribution in [0.15, 0.2) is 0 Å². The van der Waals surface area contributed by atoms with Gasteiger partial charge in [0.25, 0.3) is 0 Å². The number of methoxy groups -OCH3 is 1. The van der Waals surface area contributed by atoms with E-state index in [1.807, 2.05) is 20.8 Å². The van der Waals surface area contributed by atoms with Crippen LogP contribution in [-0.4, -0.2) is 28.1 Å². The average molecular weight is 242 g/mol. The van der Waals surface area contributed by atoms with Gasteiger partial charge in [0.05, 0.1) is 11.3 Å². The SMILES string of the molecule is CCc1nnsc1C(=O)CCC(C)(C)OC. The molecular formula is C11H18N2O2S. The minimum Gasteiger partial charge on any atom is -0.379 e. The van der Waals surface area contributed by atoms with Gasteiger partial charge in [0.1, 0.15) is 4.88 Å². The molecule has 4 nitrogen and oxygen atoms in total. The average Bonchev–Trinajstić information content (AvgIpc) is 2.74. The van der Waals surface area contributed by atoms with Gasteiger partial charge in [-0.05, 0) is 38.2 Å². The van der Waals surface area contributed by atoms with E-state index in [1.54, 1.807) is 7.11 Å². The lowest BCUT2D eigenvalue weighted by Gasteiger charge is -2.21. The van der Waals surface area contributed by atoms with Crippen LogP contribution in [0.3, 0.4) is 0 Å². The molecule has 0 aliphatic rings. The van der Waals surface area contributed by atoms with E-state index in [1.165, 1.54) is 11.5 Å². The smallest absolute Gasteiger partial charge is 0.176 e. The summed E-state index contributed by atoms with van der Waals surface area (Å²) >= 11 is 1.19. The van der Waals surface area contributed by atoms with Crippen molar-refractivity contribution in [1.82, 2.24) is 9.59 Å². The Morgan fingerprint density at radius 2 is 2.19 bits per heavy atom. The number of carbonyl (C=O) groups is 1. The topological polar surface area (TPSA) is 52.1 Å². The van der Waals surface area contributed by atoms with Crippen molar-refractivity contribution in [2.45, 2.75) is 45.6 Å². The number of ether oxygens (including phenoxy) is 1. The summed E-state index contributed by atoms with van der Waals surface area (Å²) in [5.41, 5.74) is 0.561. The van der Waals surface area contributed by atoms with E-state index in [-0.39, 0.29) is 11.4 Å².